The third-order valence-electron chi connectivity index (χ3n) is 4.69. The number of hydrogen-bond donors (Lipinski definition) is 1. The second kappa shape index (κ2) is 7.09. The number of nitrogens with zero attached hydrogens (tertiary/aromatic N) is 2. The first kappa shape index (κ1) is 17.8. The largest absolute Gasteiger partial charge is 0.371 e. The summed E-state index contributed by atoms with van der Waals surface area (Å²) in [6, 6.07) is 6.06. The van der Waals surface area contributed by atoms with Gasteiger partial charge in [-0.25, -0.2) is 9.18 Å². The van der Waals surface area contributed by atoms with Crippen LogP contribution in [0.25, 0.3) is 0 Å². The molecule has 2 aliphatic heterocycles. The Labute approximate surface area is 146 Å². The van der Waals surface area contributed by atoms with E-state index in [-0.39, 0.29) is 23.9 Å². The lowest BCUT2D eigenvalue weighted by molar-refractivity contribution is -0.130. The SMILES string of the molecule is CC1(C)NC(=O)N(CCCN2CCOC(c3ccc(F)cc3)C2)C1=O. The standard InChI is InChI=1S/C18H24FN3O3/c1-18(2)16(23)22(17(24)20-18)9-3-8-21-10-11-25-15(12-21)13-4-6-14(19)7-5-13/h4-7,15H,3,8-12H2,1-2H3,(H,20,24). The average Bonchev–Trinajstić information content (AvgIpc) is 2.77. The van der Waals surface area contributed by atoms with Crippen LogP contribution in [0.3, 0.4) is 0 Å². The van der Waals surface area contributed by atoms with Gasteiger partial charge in [-0.3, -0.25) is 14.6 Å². The smallest absolute Gasteiger partial charge is 0.325 e. The maximum absolute atomic E-state index is 13.0. The number of amides is 3. The molecule has 1 N–H and O–H groups in total. The summed E-state index contributed by atoms with van der Waals surface area (Å²) >= 11 is 0. The molecule has 0 radical (unpaired) electrons. The maximum Gasteiger partial charge on any atom is 0.325 e. The van der Waals surface area contributed by atoms with Crippen molar-refractivity contribution in [3.63, 3.8) is 0 Å². The Hall–Kier alpha value is -1.99. The minimum Gasteiger partial charge on any atom is -0.371 e. The number of carbonyl (C=O) groups excluding carboxylic acids is 2. The van der Waals surface area contributed by atoms with Crippen LogP contribution >= 0.6 is 0 Å². The first-order valence-electron chi connectivity index (χ1n) is 8.60. The molecule has 3 amide bonds. The van der Waals surface area contributed by atoms with Gasteiger partial charge in [0.15, 0.2) is 0 Å². The normalized spacial score (nSPS) is 23.8. The van der Waals surface area contributed by atoms with E-state index in [0.717, 1.165) is 25.2 Å². The quantitative estimate of drug-likeness (QED) is 0.825. The van der Waals surface area contributed by atoms with Crippen LogP contribution in [-0.2, 0) is 9.53 Å². The number of morpholine rings is 1. The summed E-state index contributed by atoms with van der Waals surface area (Å²) in [5.41, 5.74) is 0.144. The third kappa shape index (κ3) is 3.99. The molecule has 136 valence electrons. The predicted octanol–water partition coefficient (Wildman–Crippen LogP) is 1.92. The van der Waals surface area contributed by atoms with Crippen molar-refractivity contribution in [3.8, 4) is 0 Å². The number of rotatable bonds is 5. The summed E-state index contributed by atoms with van der Waals surface area (Å²) in [4.78, 5) is 27.6. The van der Waals surface area contributed by atoms with Crippen molar-refractivity contribution in [1.82, 2.24) is 15.1 Å². The Balaban J connectivity index is 1.49. The van der Waals surface area contributed by atoms with Crippen LogP contribution < -0.4 is 5.32 Å². The fourth-order valence-electron chi connectivity index (χ4n) is 3.26. The highest BCUT2D eigenvalue weighted by molar-refractivity contribution is 6.06. The summed E-state index contributed by atoms with van der Waals surface area (Å²) in [5.74, 6) is -0.434. The third-order valence-corrected chi connectivity index (χ3v) is 4.69. The van der Waals surface area contributed by atoms with Crippen molar-refractivity contribution >= 4 is 11.9 Å². The van der Waals surface area contributed by atoms with Gasteiger partial charge in [-0.05, 0) is 38.0 Å². The topological polar surface area (TPSA) is 61.9 Å². The number of benzene rings is 1. The summed E-state index contributed by atoms with van der Waals surface area (Å²) < 4.78 is 18.8. The molecule has 0 aliphatic carbocycles. The molecule has 2 saturated heterocycles. The number of ether oxygens (including phenoxy) is 1. The number of urea groups is 1. The molecule has 0 aromatic heterocycles. The van der Waals surface area contributed by atoms with Crippen molar-refractivity contribution in [1.29, 1.82) is 0 Å². The van der Waals surface area contributed by atoms with Gasteiger partial charge in [-0.2, -0.15) is 0 Å². The molecular formula is C18H24FN3O3. The van der Waals surface area contributed by atoms with Gasteiger partial charge in [0, 0.05) is 26.2 Å². The van der Waals surface area contributed by atoms with Crippen molar-refractivity contribution in [2.75, 3.05) is 32.8 Å². The van der Waals surface area contributed by atoms with Crippen LogP contribution in [0.5, 0.6) is 0 Å². The highest BCUT2D eigenvalue weighted by atomic mass is 19.1. The molecular weight excluding hydrogens is 325 g/mol. The number of carbonyl (C=O) groups is 2. The van der Waals surface area contributed by atoms with Gasteiger partial charge in [0.1, 0.15) is 11.4 Å². The number of hydrogen-bond acceptors (Lipinski definition) is 4. The molecule has 25 heavy (non-hydrogen) atoms. The summed E-state index contributed by atoms with van der Waals surface area (Å²) in [5, 5.41) is 2.69. The van der Waals surface area contributed by atoms with Crippen LogP contribution in [0.15, 0.2) is 24.3 Å². The highest BCUT2D eigenvalue weighted by Gasteiger charge is 2.43. The van der Waals surface area contributed by atoms with E-state index in [2.05, 4.69) is 10.2 Å². The first-order chi connectivity index (χ1) is 11.9. The van der Waals surface area contributed by atoms with Crippen LogP contribution in [0.4, 0.5) is 9.18 Å². The molecule has 1 aromatic rings. The van der Waals surface area contributed by atoms with Crippen LogP contribution in [0.2, 0.25) is 0 Å². The Morgan fingerprint density at radius 1 is 1.24 bits per heavy atom. The molecule has 1 aromatic carbocycles. The average molecular weight is 349 g/mol. The number of nitrogens with one attached hydrogen (secondary N) is 1. The van der Waals surface area contributed by atoms with Gasteiger partial charge in [0.25, 0.3) is 5.91 Å². The minimum atomic E-state index is -0.816. The Morgan fingerprint density at radius 3 is 2.60 bits per heavy atom. The minimum absolute atomic E-state index is 0.0787. The monoisotopic (exact) mass is 349 g/mol. The molecule has 2 heterocycles. The number of imide groups is 1. The van der Waals surface area contributed by atoms with Crippen molar-refractivity contribution in [2.45, 2.75) is 31.9 Å². The van der Waals surface area contributed by atoms with Gasteiger partial charge in [-0.1, -0.05) is 12.1 Å². The molecule has 7 heteroatoms. The lowest BCUT2D eigenvalue weighted by Crippen LogP contribution is -2.41. The van der Waals surface area contributed by atoms with Crippen LogP contribution in [0.1, 0.15) is 31.9 Å². The van der Waals surface area contributed by atoms with E-state index >= 15 is 0 Å². The van der Waals surface area contributed by atoms with Crippen molar-refractivity contribution < 1.29 is 18.7 Å². The fraction of sp³-hybridized carbons (Fsp3) is 0.556. The van der Waals surface area contributed by atoms with Crippen molar-refractivity contribution in [2.24, 2.45) is 0 Å². The molecule has 6 nitrogen and oxygen atoms in total. The van der Waals surface area contributed by atoms with E-state index in [1.54, 1.807) is 26.0 Å². The number of halogens is 1. The van der Waals surface area contributed by atoms with Gasteiger partial charge in [-0.15, -0.1) is 0 Å². The zero-order valence-corrected chi connectivity index (χ0v) is 14.6. The van der Waals surface area contributed by atoms with E-state index in [9.17, 15) is 14.0 Å². The molecule has 3 rings (SSSR count). The molecule has 2 aliphatic rings. The van der Waals surface area contributed by atoms with Crippen molar-refractivity contribution in [3.05, 3.63) is 35.6 Å². The van der Waals surface area contributed by atoms with E-state index in [1.165, 1.54) is 17.0 Å². The molecule has 1 unspecified atom stereocenters. The highest BCUT2D eigenvalue weighted by Crippen LogP contribution is 2.23. The molecule has 0 spiro atoms. The molecule has 0 bridgehead atoms. The Bertz CT molecular complexity index is 647. The van der Waals surface area contributed by atoms with Crippen LogP contribution in [0, 0.1) is 5.82 Å². The van der Waals surface area contributed by atoms with Crippen LogP contribution in [-0.4, -0.2) is 60.1 Å². The lowest BCUT2D eigenvalue weighted by Gasteiger charge is -2.33. The maximum atomic E-state index is 13.0. The zero-order valence-electron chi connectivity index (χ0n) is 14.6. The summed E-state index contributed by atoms with van der Waals surface area (Å²) in [6.45, 7) is 6.75. The molecule has 1 atom stereocenters. The summed E-state index contributed by atoms with van der Waals surface area (Å²) in [6.07, 6.45) is 0.635. The van der Waals surface area contributed by atoms with Gasteiger partial charge < -0.3 is 10.1 Å². The molecule has 0 saturated carbocycles. The lowest BCUT2D eigenvalue weighted by atomic mass is 10.1. The van der Waals surface area contributed by atoms with E-state index in [0.29, 0.717) is 19.6 Å². The zero-order chi connectivity index (χ0) is 18.0. The van der Waals surface area contributed by atoms with E-state index < -0.39 is 5.54 Å². The first-order valence-corrected chi connectivity index (χ1v) is 8.60. The Kier molecular flexibility index (Phi) is 5.06. The van der Waals surface area contributed by atoms with Gasteiger partial charge >= 0.3 is 6.03 Å². The fourth-order valence-corrected chi connectivity index (χ4v) is 3.26. The Morgan fingerprint density at radius 2 is 1.96 bits per heavy atom. The second-order valence-corrected chi connectivity index (χ2v) is 7.08. The van der Waals surface area contributed by atoms with Gasteiger partial charge in [0.2, 0.25) is 0 Å². The van der Waals surface area contributed by atoms with E-state index in [1.807, 2.05) is 0 Å². The van der Waals surface area contributed by atoms with Gasteiger partial charge in [0.05, 0.1) is 12.7 Å². The predicted molar refractivity (Wildman–Crippen MR) is 90.5 cm³/mol. The summed E-state index contributed by atoms with van der Waals surface area (Å²) in [7, 11) is 0. The second-order valence-electron chi connectivity index (χ2n) is 7.08. The molecule has 2 fully saturated rings. The van der Waals surface area contributed by atoms with E-state index in [4.69, 9.17) is 4.74 Å².